The summed E-state index contributed by atoms with van der Waals surface area (Å²) >= 11 is 0. The van der Waals surface area contributed by atoms with Gasteiger partial charge in [0.2, 0.25) is 0 Å². The zero-order valence-corrected chi connectivity index (χ0v) is 9.01. The van der Waals surface area contributed by atoms with E-state index in [-0.39, 0.29) is 36.8 Å². The van der Waals surface area contributed by atoms with Gasteiger partial charge in [0.25, 0.3) is 0 Å². The molecule has 0 saturated carbocycles. The van der Waals surface area contributed by atoms with Crippen LogP contribution in [0, 0.1) is 0 Å². The summed E-state index contributed by atoms with van der Waals surface area (Å²) in [6.45, 7) is 0. The van der Waals surface area contributed by atoms with Crippen molar-refractivity contribution >= 4 is 45.0 Å². The molecular weight excluding hydrogens is 221 g/mol. The van der Waals surface area contributed by atoms with E-state index in [0.29, 0.717) is 0 Å². The molecule has 0 fully saturated rings. The second-order valence-electron chi connectivity index (χ2n) is 0.253. The van der Waals surface area contributed by atoms with Crippen molar-refractivity contribution in [1.29, 1.82) is 0 Å². The van der Waals surface area contributed by atoms with Crippen LogP contribution in [0.4, 0.5) is 0 Å². The maximum atomic E-state index is 8.70. The number of hydrogen-bond donors (Lipinski definition) is 2. The van der Waals surface area contributed by atoms with Gasteiger partial charge in [-0.15, -0.1) is 26.8 Å². The Balaban J connectivity index is -0.0000000150. The van der Waals surface area contributed by atoms with E-state index in [0.717, 1.165) is 0 Å². The molecule has 0 aromatic heterocycles. The molecule has 0 spiro atoms. The van der Waals surface area contributed by atoms with Crippen molar-refractivity contribution in [3.05, 3.63) is 0 Å². The minimum Gasteiger partial charge on any atom is -0.153 e. The summed E-state index contributed by atoms with van der Waals surface area (Å²) in [7, 11) is -2.87. The predicted octanol–water partition coefficient (Wildman–Crippen LogP) is 0.322. The second-order valence-corrected chi connectivity index (χ2v) is 0.758. The van der Waals surface area contributed by atoms with Crippen LogP contribution in [-0.4, -0.2) is 9.79 Å². The Morgan fingerprint density at radius 2 is 1.14 bits per heavy atom. The molecule has 2 atom stereocenters. The monoisotopic (exact) mass is 229 g/mol. The average molecular weight is 230 g/mol. The summed E-state index contributed by atoms with van der Waals surface area (Å²) in [5.74, 6) is 0. The van der Waals surface area contributed by atoms with Crippen molar-refractivity contribution in [2.75, 3.05) is 0 Å². The van der Waals surface area contributed by atoms with Gasteiger partial charge in [-0.1, -0.05) is 0 Å². The molecule has 0 aliphatic carbocycles. The van der Waals surface area contributed by atoms with Crippen molar-refractivity contribution in [2.24, 2.45) is 0 Å². The fourth-order valence-corrected chi connectivity index (χ4v) is 0. The Labute approximate surface area is 59.9 Å². The molecule has 0 heterocycles. The average Bonchev–Trinajstić information content (AvgIpc) is 0.811. The van der Waals surface area contributed by atoms with Crippen LogP contribution in [0.15, 0.2) is 0 Å². The van der Waals surface area contributed by atoms with Crippen LogP contribution in [0.2, 0.25) is 0 Å². The van der Waals surface area contributed by atoms with Gasteiger partial charge in [0.15, 0.2) is 0 Å². The summed E-state index contributed by atoms with van der Waals surface area (Å²) in [5, 5.41) is 0. The standard InChI is InChI=1S/BrH.HO3P.2H3P/c;1-4(2)3;;/h1H;(H-,1,2,3);2*1H3/p+1. The molecule has 3 nitrogen and oxygen atoms in total. The van der Waals surface area contributed by atoms with E-state index in [9.17, 15) is 0 Å². The third-order valence-corrected chi connectivity index (χ3v) is 0. The highest BCUT2D eigenvalue weighted by Crippen LogP contribution is 1.98. The second kappa shape index (κ2) is 15.7. The van der Waals surface area contributed by atoms with Crippen LogP contribution >= 0.6 is 45.0 Å². The molecular formula is H9BrO3P3+. The lowest BCUT2D eigenvalue weighted by atomic mass is 15.8. The zero-order valence-electron chi connectivity index (χ0n) is 3.57. The van der Waals surface area contributed by atoms with Gasteiger partial charge >= 0.3 is 8.25 Å². The first-order valence-corrected chi connectivity index (χ1v) is 1.75. The van der Waals surface area contributed by atoms with Crippen LogP contribution in [0.1, 0.15) is 0 Å². The molecule has 0 aromatic carbocycles. The van der Waals surface area contributed by atoms with Gasteiger partial charge in [0, 0.05) is 4.57 Å². The van der Waals surface area contributed by atoms with Crippen LogP contribution in [0.3, 0.4) is 0 Å². The van der Waals surface area contributed by atoms with E-state index in [4.69, 9.17) is 14.4 Å². The fraction of sp³-hybridized carbons (Fsp3) is 0. The van der Waals surface area contributed by atoms with Gasteiger partial charge in [-0.05, 0) is 0 Å². The van der Waals surface area contributed by atoms with E-state index in [1.807, 2.05) is 0 Å². The van der Waals surface area contributed by atoms with E-state index >= 15 is 0 Å². The topological polar surface area (TPSA) is 57.5 Å². The highest BCUT2D eigenvalue weighted by Gasteiger charge is 1.93. The fourth-order valence-electron chi connectivity index (χ4n) is 0. The van der Waals surface area contributed by atoms with Gasteiger partial charge in [0.05, 0.1) is 0 Å². The smallest absolute Gasteiger partial charge is 0.153 e. The van der Waals surface area contributed by atoms with E-state index in [1.165, 1.54) is 0 Å². The molecule has 0 saturated heterocycles. The first-order chi connectivity index (χ1) is 1.73. The molecule has 0 amide bonds. The highest BCUT2D eigenvalue weighted by molar-refractivity contribution is 8.93. The zero-order chi connectivity index (χ0) is 3.58. The predicted molar refractivity (Wildman–Crippen MR) is 44.6 cm³/mol. The molecule has 48 valence electrons. The molecule has 7 heteroatoms. The lowest BCUT2D eigenvalue weighted by molar-refractivity contribution is 0.405. The molecule has 0 aromatic rings. The van der Waals surface area contributed by atoms with Gasteiger partial charge in [-0.25, -0.2) is 0 Å². The van der Waals surface area contributed by atoms with E-state index < -0.39 is 8.25 Å². The van der Waals surface area contributed by atoms with Crippen LogP contribution in [0.25, 0.3) is 0 Å². The lowest BCUT2D eigenvalue weighted by Gasteiger charge is -1.34. The minimum atomic E-state index is -2.87. The summed E-state index contributed by atoms with van der Waals surface area (Å²) < 4.78 is 8.70. The van der Waals surface area contributed by atoms with Gasteiger partial charge in [-0.2, -0.15) is 19.8 Å². The van der Waals surface area contributed by atoms with Gasteiger partial charge in [-0.3, -0.25) is 0 Å². The third-order valence-electron chi connectivity index (χ3n) is 0. The third kappa shape index (κ3) is 114. The molecule has 7 heavy (non-hydrogen) atoms. The summed E-state index contributed by atoms with van der Waals surface area (Å²) in [4.78, 5) is 14.2. The number of rotatable bonds is 0. The Bertz CT molecular complexity index is 33.2. The van der Waals surface area contributed by atoms with Crippen molar-refractivity contribution in [1.82, 2.24) is 0 Å². The Morgan fingerprint density at radius 3 is 1.14 bits per heavy atom. The van der Waals surface area contributed by atoms with Crippen molar-refractivity contribution < 1.29 is 14.4 Å². The summed E-state index contributed by atoms with van der Waals surface area (Å²) in [6.07, 6.45) is 0. The first kappa shape index (κ1) is 23.8. The van der Waals surface area contributed by atoms with E-state index in [1.54, 1.807) is 0 Å². The van der Waals surface area contributed by atoms with Crippen molar-refractivity contribution in [3.8, 4) is 0 Å². The molecule has 2 N–H and O–H groups in total. The Kier molecular flexibility index (Phi) is 53.3. The largest absolute Gasteiger partial charge is 0.692 e. The molecule has 0 aliphatic rings. The molecule has 0 rings (SSSR count). The minimum absolute atomic E-state index is 0. The summed E-state index contributed by atoms with van der Waals surface area (Å²) in [5.41, 5.74) is 0. The number of halogens is 1. The van der Waals surface area contributed by atoms with Crippen molar-refractivity contribution in [3.63, 3.8) is 0 Å². The van der Waals surface area contributed by atoms with Crippen molar-refractivity contribution in [2.45, 2.75) is 0 Å². The SMILES string of the molecule is Br.O=[P+](O)O.P.P. The van der Waals surface area contributed by atoms with E-state index in [2.05, 4.69) is 0 Å². The van der Waals surface area contributed by atoms with Crippen LogP contribution in [0.5, 0.6) is 0 Å². The lowest BCUT2D eigenvalue weighted by Crippen LogP contribution is -1.38. The first-order valence-electron chi connectivity index (χ1n) is 0.583. The normalized spacial score (nSPS) is 3.71. The highest BCUT2D eigenvalue weighted by atomic mass is 79.9. The number of hydrogen-bond acceptors (Lipinski definition) is 1. The maximum absolute atomic E-state index is 8.70. The summed E-state index contributed by atoms with van der Waals surface area (Å²) in [6, 6.07) is 0. The maximum Gasteiger partial charge on any atom is 0.692 e. The van der Waals surface area contributed by atoms with Gasteiger partial charge < -0.3 is 0 Å². The molecule has 2 unspecified atom stereocenters. The quantitative estimate of drug-likeness (QED) is 0.589. The van der Waals surface area contributed by atoms with Gasteiger partial charge in [0.1, 0.15) is 0 Å². The molecule has 0 radical (unpaired) electrons. The molecule has 0 bridgehead atoms. The molecule has 0 aliphatic heterocycles. The van der Waals surface area contributed by atoms with Crippen LogP contribution in [-0.2, 0) is 4.57 Å². The Morgan fingerprint density at radius 1 is 1.14 bits per heavy atom. The van der Waals surface area contributed by atoms with Crippen LogP contribution < -0.4 is 0 Å². The Hall–Kier alpha value is 1.36.